The third kappa shape index (κ3) is 2.68. The molecule has 4 aliphatic carbocycles. The van der Waals surface area contributed by atoms with Crippen molar-refractivity contribution in [2.45, 2.75) is 91.3 Å². The number of esters is 1. The Hall–Kier alpha value is -0.830. The van der Waals surface area contributed by atoms with Crippen molar-refractivity contribution < 1.29 is 14.6 Å². The van der Waals surface area contributed by atoms with Gasteiger partial charge in [0.2, 0.25) is 0 Å². The maximum atomic E-state index is 11.4. The molecule has 0 aliphatic heterocycles. The summed E-state index contributed by atoms with van der Waals surface area (Å²) in [5.74, 6) is 2.65. The van der Waals surface area contributed by atoms with Crippen LogP contribution in [0.4, 0.5) is 0 Å². The van der Waals surface area contributed by atoms with Crippen molar-refractivity contribution in [3.05, 3.63) is 11.6 Å². The van der Waals surface area contributed by atoms with E-state index in [0.29, 0.717) is 16.7 Å². The van der Waals surface area contributed by atoms with Gasteiger partial charge in [-0.3, -0.25) is 4.79 Å². The fourth-order valence-electron chi connectivity index (χ4n) is 7.80. The average Bonchev–Trinajstić information content (AvgIpc) is 2.92. The molecule has 0 heterocycles. The minimum absolute atomic E-state index is 0.0864. The van der Waals surface area contributed by atoms with Crippen molar-refractivity contribution in [2.24, 2.45) is 34.5 Å². The number of allylic oxidation sites excluding steroid dienone is 1. The van der Waals surface area contributed by atoms with Crippen LogP contribution < -0.4 is 0 Å². The van der Waals surface area contributed by atoms with Crippen LogP contribution in [0.2, 0.25) is 0 Å². The van der Waals surface area contributed by atoms with Crippen LogP contribution in [0.1, 0.15) is 79.1 Å². The van der Waals surface area contributed by atoms with Crippen LogP contribution in [0, 0.1) is 34.5 Å². The zero-order valence-corrected chi connectivity index (χ0v) is 17.0. The second kappa shape index (κ2) is 6.36. The lowest BCUT2D eigenvalue weighted by Crippen LogP contribution is -2.51. The van der Waals surface area contributed by atoms with E-state index in [0.717, 1.165) is 37.0 Å². The monoisotopic (exact) mass is 360 g/mol. The summed E-state index contributed by atoms with van der Waals surface area (Å²) in [6, 6.07) is 0. The van der Waals surface area contributed by atoms with E-state index >= 15 is 0 Å². The quantitative estimate of drug-likeness (QED) is 0.564. The van der Waals surface area contributed by atoms with Gasteiger partial charge in [-0.25, -0.2) is 0 Å². The average molecular weight is 361 g/mol. The molecule has 4 unspecified atom stereocenters. The number of aliphatic hydroxyl groups is 1. The summed E-state index contributed by atoms with van der Waals surface area (Å²) < 4.78 is 5.54. The number of rotatable bonds is 2. The van der Waals surface area contributed by atoms with Crippen molar-refractivity contribution in [1.82, 2.24) is 0 Å². The largest absolute Gasteiger partial charge is 0.462 e. The minimum atomic E-state index is -0.175. The van der Waals surface area contributed by atoms with Crippen LogP contribution in [0.3, 0.4) is 0 Å². The maximum absolute atomic E-state index is 11.4. The first-order chi connectivity index (χ1) is 12.3. The second-order valence-electron chi connectivity index (χ2n) is 10.2. The van der Waals surface area contributed by atoms with Crippen molar-refractivity contribution in [3.8, 4) is 0 Å². The Bertz CT molecular complexity index is 609. The molecule has 0 radical (unpaired) electrons. The predicted octanol–water partition coefficient (Wildman–Crippen LogP) is 4.88. The van der Waals surface area contributed by atoms with Crippen LogP contribution >= 0.6 is 0 Å². The van der Waals surface area contributed by atoms with E-state index < -0.39 is 0 Å². The van der Waals surface area contributed by atoms with Crippen LogP contribution in [-0.2, 0) is 9.53 Å². The van der Waals surface area contributed by atoms with Crippen LogP contribution in [0.25, 0.3) is 0 Å². The fourth-order valence-corrected chi connectivity index (χ4v) is 7.80. The van der Waals surface area contributed by atoms with E-state index in [1.54, 1.807) is 5.57 Å². The molecule has 3 nitrogen and oxygen atoms in total. The lowest BCUT2D eigenvalue weighted by atomic mass is 9.47. The van der Waals surface area contributed by atoms with Gasteiger partial charge >= 0.3 is 5.97 Å². The molecule has 3 fully saturated rings. The molecule has 0 aromatic carbocycles. The number of fused-ring (bicyclic) bond motifs is 5. The molecule has 26 heavy (non-hydrogen) atoms. The number of hydrogen-bond donors (Lipinski definition) is 1. The van der Waals surface area contributed by atoms with Crippen molar-refractivity contribution in [2.75, 3.05) is 0 Å². The smallest absolute Gasteiger partial charge is 0.302 e. The molecule has 0 spiro atoms. The molecule has 4 rings (SSSR count). The topological polar surface area (TPSA) is 46.5 Å². The molecule has 3 saturated carbocycles. The van der Waals surface area contributed by atoms with E-state index in [2.05, 4.69) is 19.9 Å². The van der Waals surface area contributed by atoms with Gasteiger partial charge in [0, 0.05) is 13.3 Å². The zero-order valence-electron chi connectivity index (χ0n) is 17.0. The van der Waals surface area contributed by atoms with Gasteiger partial charge in [-0.2, -0.15) is 0 Å². The molecule has 0 bridgehead atoms. The number of carbonyl (C=O) groups excluding carboxylic acids is 1. The summed E-state index contributed by atoms with van der Waals surface area (Å²) in [6.07, 6.45) is 11.8. The summed E-state index contributed by atoms with van der Waals surface area (Å²) in [6.45, 7) is 8.49. The Labute approximate surface area is 158 Å². The molecule has 0 aromatic rings. The van der Waals surface area contributed by atoms with E-state index in [1.165, 1.54) is 39.0 Å². The van der Waals surface area contributed by atoms with Crippen molar-refractivity contribution >= 4 is 5.97 Å². The highest BCUT2D eigenvalue weighted by atomic mass is 16.5. The number of hydrogen-bond acceptors (Lipinski definition) is 3. The summed E-state index contributed by atoms with van der Waals surface area (Å²) in [5, 5.41) is 10.3. The molecule has 4 aliphatic rings. The Kier molecular flexibility index (Phi) is 4.53. The van der Waals surface area contributed by atoms with E-state index in [4.69, 9.17) is 4.74 Å². The van der Waals surface area contributed by atoms with E-state index in [9.17, 15) is 9.90 Å². The first kappa shape index (κ1) is 18.5. The third-order valence-corrected chi connectivity index (χ3v) is 9.05. The molecule has 0 amide bonds. The standard InChI is InChI=1S/C23H36O3/c1-14(24)19-7-8-20-18-6-5-16-13-17(26-15(2)25)9-11-22(16,3)21(18)10-12-23(19,20)4/h5,14,17-21,24H,6-13H2,1-4H3/t14?,17-,18?,19+,20?,21?,22-,23+/m0/s1. The van der Waals surface area contributed by atoms with Gasteiger partial charge in [0.05, 0.1) is 6.10 Å². The Morgan fingerprint density at radius 2 is 1.96 bits per heavy atom. The van der Waals surface area contributed by atoms with Gasteiger partial charge < -0.3 is 9.84 Å². The summed E-state index contributed by atoms with van der Waals surface area (Å²) in [4.78, 5) is 11.4. The number of aliphatic hydroxyl groups excluding tert-OH is 1. The van der Waals surface area contributed by atoms with Crippen molar-refractivity contribution in [1.29, 1.82) is 0 Å². The highest BCUT2D eigenvalue weighted by Crippen LogP contribution is 2.66. The van der Waals surface area contributed by atoms with Crippen LogP contribution in [0.5, 0.6) is 0 Å². The Balaban J connectivity index is 1.58. The highest BCUT2D eigenvalue weighted by molar-refractivity contribution is 5.66. The Morgan fingerprint density at radius 3 is 2.65 bits per heavy atom. The summed E-state index contributed by atoms with van der Waals surface area (Å²) in [5.41, 5.74) is 2.18. The molecule has 0 saturated heterocycles. The molecule has 0 aromatic heterocycles. The zero-order chi connectivity index (χ0) is 18.7. The van der Waals surface area contributed by atoms with Gasteiger partial charge in [-0.15, -0.1) is 0 Å². The molecule has 146 valence electrons. The highest BCUT2D eigenvalue weighted by Gasteiger charge is 2.59. The van der Waals surface area contributed by atoms with Crippen LogP contribution in [-0.4, -0.2) is 23.3 Å². The van der Waals surface area contributed by atoms with Gasteiger partial charge in [-0.05, 0) is 86.4 Å². The van der Waals surface area contributed by atoms with Gasteiger partial charge in [0.15, 0.2) is 0 Å². The molecule has 3 heteroatoms. The normalized spacial score (nSPS) is 48.7. The molecule has 1 N–H and O–H groups in total. The molecular formula is C23H36O3. The van der Waals surface area contributed by atoms with Gasteiger partial charge in [0.1, 0.15) is 6.10 Å². The lowest BCUT2D eigenvalue weighted by molar-refractivity contribution is -0.148. The lowest BCUT2D eigenvalue weighted by Gasteiger charge is -2.58. The predicted molar refractivity (Wildman–Crippen MR) is 102 cm³/mol. The molecular weight excluding hydrogens is 324 g/mol. The number of carbonyl (C=O) groups is 1. The third-order valence-electron chi connectivity index (χ3n) is 9.05. The van der Waals surface area contributed by atoms with E-state index in [-0.39, 0.29) is 18.2 Å². The summed E-state index contributed by atoms with van der Waals surface area (Å²) >= 11 is 0. The van der Waals surface area contributed by atoms with E-state index in [1.807, 2.05) is 6.92 Å². The second-order valence-corrected chi connectivity index (χ2v) is 10.2. The first-order valence-electron chi connectivity index (χ1n) is 10.8. The van der Waals surface area contributed by atoms with Gasteiger partial charge in [0.25, 0.3) is 0 Å². The van der Waals surface area contributed by atoms with Gasteiger partial charge in [-0.1, -0.05) is 25.5 Å². The Morgan fingerprint density at radius 1 is 1.19 bits per heavy atom. The van der Waals surface area contributed by atoms with Crippen molar-refractivity contribution in [3.63, 3.8) is 0 Å². The minimum Gasteiger partial charge on any atom is -0.462 e. The SMILES string of the molecule is CC(=O)O[C@H]1CC[C@@]2(C)C(=CCC3C2CC[C@@]2(C)C3CC[C@@H]2C(C)O)C1. The molecule has 8 atom stereocenters. The summed E-state index contributed by atoms with van der Waals surface area (Å²) in [7, 11) is 0. The first-order valence-corrected chi connectivity index (χ1v) is 10.8. The fraction of sp³-hybridized carbons (Fsp3) is 0.870. The number of ether oxygens (including phenoxy) is 1. The van der Waals surface area contributed by atoms with Crippen LogP contribution in [0.15, 0.2) is 11.6 Å². The maximum Gasteiger partial charge on any atom is 0.302 e.